The quantitative estimate of drug-likeness (QED) is 0.826. The first kappa shape index (κ1) is 13.2. The lowest BCUT2D eigenvalue weighted by molar-refractivity contribution is 0.238. The van der Waals surface area contributed by atoms with Gasteiger partial charge in [0.25, 0.3) is 0 Å². The second-order valence-electron chi connectivity index (χ2n) is 4.43. The van der Waals surface area contributed by atoms with Crippen LogP contribution in [0.3, 0.4) is 0 Å². The van der Waals surface area contributed by atoms with Crippen molar-refractivity contribution in [2.24, 2.45) is 5.73 Å². The number of likely N-dealkylation sites (N-methyl/N-ethyl adjacent to an activating group) is 1. The fourth-order valence-corrected chi connectivity index (χ4v) is 1.82. The van der Waals surface area contributed by atoms with Crippen LogP contribution in [0.1, 0.15) is 37.9 Å². The number of aryl methyl sites for hydroxylation is 1. The lowest BCUT2D eigenvalue weighted by atomic mass is 9.99. The molecule has 0 aliphatic carbocycles. The van der Waals surface area contributed by atoms with Crippen LogP contribution in [-0.4, -0.2) is 24.5 Å². The lowest BCUT2D eigenvalue weighted by Crippen LogP contribution is -2.38. The van der Waals surface area contributed by atoms with E-state index in [1.165, 1.54) is 11.1 Å². The molecule has 0 aliphatic heterocycles. The summed E-state index contributed by atoms with van der Waals surface area (Å²) in [6.07, 6.45) is 1.08. The average Bonchev–Trinajstić information content (AvgIpc) is 2.36. The summed E-state index contributed by atoms with van der Waals surface area (Å²) in [6.45, 7) is 7.54. The molecule has 0 bridgehead atoms. The van der Waals surface area contributed by atoms with Crippen LogP contribution in [0.2, 0.25) is 0 Å². The Balaban J connectivity index is 2.75. The number of benzene rings is 1. The van der Waals surface area contributed by atoms with E-state index in [1.807, 2.05) is 0 Å². The summed E-state index contributed by atoms with van der Waals surface area (Å²) >= 11 is 0. The molecule has 16 heavy (non-hydrogen) atoms. The van der Waals surface area contributed by atoms with E-state index in [1.54, 1.807) is 0 Å². The topological polar surface area (TPSA) is 29.3 Å². The fraction of sp³-hybridized carbons (Fsp3) is 0.571. The highest BCUT2D eigenvalue weighted by Crippen LogP contribution is 2.18. The van der Waals surface area contributed by atoms with Crippen LogP contribution in [0.25, 0.3) is 0 Å². The van der Waals surface area contributed by atoms with Gasteiger partial charge in [0.2, 0.25) is 0 Å². The first-order valence-corrected chi connectivity index (χ1v) is 6.14. The van der Waals surface area contributed by atoms with E-state index >= 15 is 0 Å². The Bertz CT molecular complexity index is 305. The van der Waals surface area contributed by atoms with Crippen molar-refractivity contribution in [1.82, 2.24) is 4.90 Å². The molecule has 0 fully saturated rings. The molecular formula is C14H24N2. The van der Waals surface area contributed by atoms with Crippen LogP contribution in [0, 0.1) is 0 Å². The van der Waals surface area contributed by atoms with Crippen LogP contribution < -0.4 is 5.73 Å². The van der Waals surface area contributed by atoms with Crippen molar-refractivity contribution in [3.8, 4) is 0 Å². The van der Waals surface area contributed by atoms with Gasteiger partial charge in [0, 0.05) is 12.1 Å². The molecule has 0 amide bonds. The van der Waals surface area contributed by atoms with Gasteiger partial charge in [0.15, 0.2) is 0 Å². The molecule has 0 aromatic heterocycles. The Morgan fingerprint density at radius 2 is 1.75 bits per heavy atom. The SMILES string of the molecule is CCc1ccc(C(N)C(C)N(C)CC)cc1. The molecule has 2 atom stereocenters. The number of rotatable bonds is 5. The molecular weight excluding hydrogens is 196 g/mol. The maximum absolute atomic E-state index is 6.26. The van der Waals surface area contributed by atoms with Gasteiger partial charge in [-0.05, 0) is 38.1 Å². The highest BCUT2D eigenvalue weighted by atomic mass is 15.1. The Morgan fingerprint density at radius 3 is 2.19 bits per heavy atom. The van der Waals surface area contributed by atoms with Gasteiger partial charge >= 0.3 is 0 Å². The molecule has 0 radical (unpaired) electrons. The van der Waals surface area contributed by atoms with Gasteiger partial charge in [-0.2, -0.15) is 0 Å². The van der Waals surface area contributed by atoms with Gasteiger partial charge in [-0.1, -0.05) is 38.1 Å². The third kappa shape index (κ3) is 3.06. The summed E-state index contributed by atoms with van der Waals surface area (Å²) in [6, 6.07) is 9.13. The van der Waals surface area contributed by atoms with E-state index in [0.717, 1.165) is 13.0 Å². The summed E-state index contributed by atoms with van der Waals surface area (Å²) in [5, 5.41) is 0. The van der Waals surface area contributed by atoms with Crippen molar-refractivity contribution in [2.75, 3.05) is 13.6 Å². The summed E-state index contributed by atoms with van der Waals surface area (Å²) in [5.41, 5.74) is 8.86. The van der Waals surface area contributed by atoms with E-state index in [4.69, 9.17) is 5.73 Å². The van der Waals surface area contributed by atoms with Gasteiger partial charge in [0.1, 0.15) is 0 Å². The Labute approximate surface area is 99.5 Å². The minimum Gasteiger partial charge on any atom is -0.323 e. The van der Waals surface area contributed by atoms with E-state index < -0.39 is 0 Å². The number of nitrogens with zero attached hydrogens (tertiary/aromatic N) is 1. The van der Waals surface area contributed by atoms with Gasteiger partial charge in [-0.15, -0.1) is 0 Å². The van der Waals surface area contributed by atoms with Crippen LogP contribution in [0.4, 0.5) is 0 Å². The van der Waals surface area contributed by atoms with E-state index in [9.17, 15) is 0 Å². The molecule has 0 spiro atoms. The molecule has 1 rings (SSSR count). The van der Waals surface area contributed by atoms with Crippen molar-refractivity contribution in [1.29, 1.82) is 0 Å². The first-order chi connectivity index (χ1) is 7.60. The molecule has 90 valence electrons. The van der Waals surface area contributed by atoms with E-state index in [0.29, 0.717) is 6.04 Å². The zero-order chi connectivity index (χ0) is 12.1. The Kier molecular flexibility index (Phi) is 4.97. The second-order valence-corrected chi connectivity index (χ2v) is 4.43. The van der Waals surface area contributed by atoms with Crippen molar-refractivity contribution < 1.29 is 0 Å². The average molecular weight is 220 g/mol. The highest BCUT2D eigenvalue weighted by Gasteiger charge is 2.17. The minimum absolute atomic E-state index is 0.0934. The smallest absolute Gasteiger partial charge is 0.0450 e. The van der Waals surface area contributed by atoms with Crippen LogP contribution in [0.5, 0.6) is 0 Å². The summed E-state index contributed by atoms with van der Waals surface area (Å²) in [5.74, 6) is 0. The summed E-state index contributed by atoms with van der Waals surface area (Å²) < 4.78 is 0. The molecule has 0 saturated heterocycles. The van der Waals surface area contributed by atoms with Crippen molar-refractivity contribution in [3.05, 3.63) is 35.4 Å². The molecule has 2 unspecified atom stereocenters. The standard InChI is InChI=1S/C14H24N2/c1-5-12-7-9-13(10-8-12)14(15)11(3)16(4)6-2/h7-11,14H,5-6,15H2,1-4H3. The van der Waals surface area contributed by atoms with E-state index in [-0.39, 0.29) is 6.04 Å². The second kappa shape index (κ2) is 6.02. The Hall–Kier alpha value is -0.860. The number of hydrogen-bond donors (Lipinski definition) is 1. The maximum atomic E-state index is 6.26. The molecule has 2 nitrogen and oxygen atoms in total. The summed E-state index contributed by atoms with van der Waals surface area (Å²) in [7, 11) is 2.12. The predicted octanol–water partition coefficient (Wildman–Crippen LogP) is 2.59. The fourth-order valence-electron chi connectivity index (χ4n) is 1.82. The zero-order valence-corrected chi connectivity index (χ0v) is 10.9. The number of hydrogen-bond acceptors (Lipinski definition) is 2. The number of nitrogens with two attached hydrogens (primary N) is 1. The third-order valence-electron chi connectivity index (χ3n) is 3.49. The van der Waals surface area contributed by atoms with Crippen molar-refractivity contribution in [3.63, 3.8) is 0 Å². The van der Waals surface area contributed by atoms with Crippen LogP contribution in [-0.2, 0) is 6.42 Å². The first-order valence-electron chi connectivity index (χ1n) is 6.14. The largest absolute Gasteiger partial charge is 0.323 e. The minimum atomic E-state index is 0.0934. The molecule has 0 aliphatic rings. The van der Waals surface area contributed by atoms with E-state index in [2.05, 4.69) is 57.0 Å². The Morgan fingerprint density at radius 1 is 1.19 bits per heavy atom. The van der Waals surface area contributed by atoms with Gasteiger partial charge in [-0.25, -0.2) is 0 Å². The van der Waals surface area contributed by atoms with Gasteiger partial charge in [-0.3, -0.25) is 0 Å². The predicted molar refractivity (Wildman–Crippen MR) is 70.5 cm³/mol. The zero-order valence-electron chi connectivity index (χ0n) is 10.9. The molecule has 0 saturated carbocycles. The summed E-state index contributed by atoms with van der Waals surface area (Å²) in [4.78, 5) is 2.28. The monoisotopic (exact) mass is 220 g/mol. The van der Waals surface area contributed by atoms with Crippen LogP contribution in [0.15, 0.2) is 24.3 Å². The molecule has 1 aromatic rings. The molecule has 2 N–H and O–H groups in total. The molecule has 1 aromatic carbocycles. The normalized spacial score (nSPS) is 15.1. The lowest BCUT2D eigenvalue weighted by Gasteiger charge is -2.29. The maximum Gasteiger partial charge on any atom is 0.0450 e. The third-order valence-corrected chi connectivity index (χ3v) is 3.49. The highest BCUT2D eigenvalue weighted by molar-refractivity contribution is 5.25. The van der Waals surface area contributed by atoms with Crippen LogP contribution >= 0.6 is 0 Å². The van der Waals surface area contributed by atoms with Gasteiger partial charge < -0.3 is 10.6 Å². The van der Waals surface area contributed by atoms with Crippen molar-refractivity contribution in [2.45, 2.75) is 39.3 Å². The molecule has 0 heterocycles. The molecule has 2 heteroatoms. The van der Waals surface area contributed by atoms with Crippen molar-refractivity contribution >= 4 is 0 Å². The van der Waals surface area contributed by atoms with Gasteiger partial charge in [0.05, 0.1) is 0 Å².